The molecule has 0 N–H and O–H groups in total. The molecule has 1 aliphatic rings. The number of hydrogen-bond donors (Lipinski definition) is 0. The molecular weight excluding hydrogens is 489 g/mol. The van der Waals surface area contributed by atoms with E-state index in [1.54, 1.807) is 6.20 Å². The summed E-state index contributed by atoms with van der Waals surface area (Å²) in [5, 5.41) is 1.87. The Hall–Kier alpha value is -2.35. The average molecular weight is 503 g/mol. The second kappa shape index (κ2) is 5.87. The number of pyridine rings is 1. The van der Waals surface area contributed by atoms with E-state index in [2.05, 4.69) is 11.1 Å². The zero-order valence-corrected chi connectivity index (χ0v) is 15.6. The molecule has 1 unspecified atom stereocenters. The van der Waals surface area contributed by atoms with E-state index in [4.69, 9.17) is 0 Å². The Labute approximate surface area is 158 Å². The van der Waals surface area contributed by atoms with Crippen LogP contribution in [-0.2, 0) is 25.8 Å². The van der Waals surface area contributed by atoms with E-state index >= 15 is 4.39 Å². The first kappa shape index (κ1) is 16.1. The Morgan fingerprint density at radius 3 is 2.48 bits per heavy atom. The fraction of sp³-hybridized carbons (Fsp3) is 0.0455. The van der Waals surface area contributed by atoms with Crippen molar-refractivity contribution in [3.05, 3.63) is 102 Å². The summed E-state index contributed by atoms with van der Waals surface area (Å²) >= 11 is 0. The fourth-order valence-corrected chi connectivity index (χ4v) is 3.75. The number of fused-ring (bicyclic) bond motifs is 2. The van der Waals surface area contributed by atoms with Crippen molar-refractivity contribution >= 4 is 10.8 Å². The molecule has 0 spiro atoms. The van der Waals surface area contributed by atoms with Crippen molar-refractivity contribution < 1.29 is 24.5 Å². The van der Waals surface area contributed by atoms with Gasteiger partial charge in [-0.2, -0.15) is 0 Å². The molecule has 1 aliphatic carbocycles. The Kier molecular flexibility index (Phi) is 3.79. The van der Waals surface area contributed by atoms with Crippen LogP contribution in [0.2, 0.25) is 0 Å². The maximum absolute atomic E-state index is 16.7. The van der Waals surface area contributed by atoms with Crippen LogP contribution in [0.3, 0.4) is 0 Å². The predicted molar refractivity (Wildman–Crippen MR) is 93.4 cm³/mol. The third kappa shape index (κ3) is 2.13. The van der Waals surface area contributed by atoms with Gasteiger partial charge in [0.2, 0.25) is 0 Å². The smallest absolute Gasteiger partial charge is 0.153 e. The summed E-state index contributed by atoms with van der Waals surface area (Å²) in [5.41, 5.74) is 1.74. The van der Waals surface area contributed by atoms with Gasteiger partial charge in [-0.3, -0.25) is 0 Å². The molecular formula is C22H13FIrN-. The summed E-state index contributed by atoms with van der Waals surface area (Å²) in [6, 6.07) is 25.8. The minimum Gasteiger partial charge on any atom is -0.304 e. The van der Waals surface area contributed by atoms with Crippen LogP contribution in [0.4, 0.5) is 4.39 Å². The van der Waals surface area contributed by atoms with E-state index in [1.807, 2.05) is 72.8 Å². The van der Waals surface area contributed by atoms with E-state index in [0.717, 1.165) is 22.0 Å². The van der Waals surface area contributed by atoms with Crippen molar-refractivity contribution in [2.75, 3.05) is 0 Å². The largest absolute Gasteiger partial charge is 0.304 e. The van der Waals surface area contributed by atoms with Gasteiger partial charge in [0.25, 0.3) is 0 Å². The van der Waals surface area contributed by atoms with Crippen LogP contribution in [0.15, 0.2) is 79.0 Å². The molecule has 25 heavy (non-hydrogen) atoms. The van der Waals surface area contributed by atoms with Crippen LogP contribution in [0, 0.1) is 6.07 Å². The first-order chi connectivity index (χ1) is 11.8. The topological polar surface area (TPSA) is 12.9 Å². The average Bonchev–Trinajstić information content (AvgIpc) is 2.66. The maximum atomic E-state index is 16.7. The van der Waals surface area contributed by atoms with Crippen molar-refractivity contribution in [3.8, 4) is 11.3 Å². The summed E-state index contributed by atoms with van der Waals surface area (Å²) in [6.45, 7) is 0. The standard InChI is InChI=1S/C22H13FN.Ir/c23-22(16-8-2-1-3-9-16)18-11-5-4-10-17(18)21-20-15(13-14-24-21)7-6-12-19(20)22;/h1-9,11-14H;/q-1;. The van der Waals surface area contributed by atoms with Gasteiger partial charge in [-0.15, -0.1) is 29.8 Å². The summed E-state index contributed by atoms with van der Waals surface area (Å²) in [4.78, 5) is 4.54. The first-order valence-electron chi connectivity index (χ1n) is 7.94. The third-order valence-electron chi connectivity index (χ3n) is 4.80. The molecule has 5 rings (SSSR count). The van der Waals surface area contributed by atoms with E-state index in [1.165, 1.54) is 0 Å². The molecule has 0 fully saturated rings. The number of benzene rings is 3. The number of rotatable bonds is 1. The fourth-order valence-electron chi connectivity index (χ4n) is 3.75. The number of alkyl halides is 1. The van der Waals surface area contributed by atoms with Crippen molar-refractivity contribution in [2.24, 2.45) is 0 Å². The van der Waals surface area contributed by atoms with Gasteiger partial charge in [0.1, 0.15) is 0 Å². The van der Waals surface area contributed by atoms with Gasteiger partial charge in [0.15, 0.2) is 5.67 Å². The monoisotopic (exact) mass is 503 g/mol. The normalized spacial score (nSPS) is 17.6. The molecule has 123 valence electrons. The van der Waals surface area contributed by atoms with Gasteiger partial charge >= 0.3 is 0 Å². The molecule has 0 saturated heterocycles. The van der Waals surface area contributed by atoms with E-state index in [0.29, 0.717) is 16.7 Å². The van der Waals surface area contributed by atoms with Gasteiger partial charge in [0, 0.05) is 26.3 Å². The molecule has 0 aliphatic heterocycles. The van der Waals surface area contributed by atoms with Crippen molar-refractivity contribution in [1.29, 1.82) is 0 Å². The van der Waals surface area contributed by atoms with Gasteiger partial charge in [-0.25, -0.2) is 4.39 Å². The molecule has 3 aromatic carbocycles. The van der Waals surface area contributed by atoms with Gasteiger partial charge in [-0.05, 0) is 33.7 Å². The van der Waals surface area contributed by atoms with Crippen LogP contribution >= 0.6 is 0 Å². The molecule has 1 radical (unpaired) electrons. The second-order valence-electron chi connectivity index (χ2n) is 6.05. The number of halogens is 1. The summed E-state index contributed by atoms with van der Waals surface area (Å²) < 4.78 is 16.7. The molecule has 3 heteroatoms. The van der Waals surface area contributed by atoms with Crippen LogP contribution in [0.1, 0.15) is 16.7 Å². The first-order valence-corrected chi connectivity index (χ1v) is 7.94. The maximum Gasteiger partial charge on any atom is 0.153 e. The van der Waals surface area contributed by atoms with E-state index in [-0.39, 0.29) is 20.1 Å². The number of nitrogens with zero attached hydrogens (tertiary/aromatic N) is 1. The predicted octanol–water partition coefficient (Wildman–Crippen LogP) is 5.27. The van der Waals surface area contributed by atoms with Crippen LogP contribution < -0.4 is 0 Å². The Bertz CT molecular complexity index is 1070. The molecule has 0 amide bonds. The molecule has 0 bridgehead atoms. The molecule has 4 aromatic rings. The van der Waals surface area contributed by atoms with Gasteiger partial charge < -0.3 is 4.98 Å². The van der Waals surface area contributed by atoms with Gasteiger partial charge in [-0.1, -0.05) is 54.1 Å². The van der Waals surface area contributed by atoms with Crippen LogP contribution in [0.5, 0.6) is 0 Å². The summed E-state index contributed by atoms with van der Waals surface area (Å²) in [6.07, 6.45) is 1.78. The summed E-state index contributed by atoms with van der Waals surface area (Å²) in [7, 11) is 0. The molecule has 1 atom stereocenters. The van der Waals surface area contributed by atoms with Crippen LogP contribution in [0.25, 0.3) is 22.0 Å². The Morgan fingerprint density at radius 1 is 0.840 bits per heavy atom. The minimum absolute atomic E-state index is 0. The van der Waals surface area contributed by atoms with E-state index in [9.17, 15) is 0 Å². The van der Waals surface area contributed by atoms with E-state index < -0.39 is 5.67 Å². The number of aromatic nitrogens is 1. The molecule has 1 nitrogen and oxygen atoms in total. The number of hydrogen-bond acceptors (Lipinski definition) is 1. The molecule has 1 aromatic heterocycles. The van der Waals surface area contributed by atoms with Crippen molar-refractivity contribution in [2.45, 2.75) is 5.67 Å². The SMILES string of the molecule is FC1(c2ccccc2)c2ccc[c-]c2-c2nccc3cccc1c23.[Ir]. The van der Waals surface area contributed by atoms with Crippen molar-refractivity contribution in [1.82, 2.24) is 4.98 Å². The molecule has 1 heterocycles. The second-order valence-corrected chi connectivity index (χ2v) is 6.05. The minimum atomic E-state index is -1.70. The van der Waals surface area contributed by atoms with Crippen LogP contribution in [-0.4, -0.2) is 4.98 Å². The Balaban J connectivity index is 0.00000157. The zero-order valence-electron chi connectivity index (χ0n) is 13.2. The third-order valence-corrected chi connectivity index (χ3v) is 4.80. The summed E-state index contributed by atoms with van der Waals surface area (Å²) in [5.74, 6) is 0. The molecule has 0 saturated carbocycles. The van der Waals surface area contributed by atoms with Gasteiger partial charge in [0.05, 0.1) is 0 Å². The van der Waals surface area contributed by atoms with Crippen molar-refractivity contribution in [3.63, 3.8) is 0 Å². The zero-order chi connectivity index (χ0) is 16.1. The quantitative estimate of drug-likeness (QED) is 0.323. The Morgan fingerprint density at radius 2 is 1.64 bits per heavy atom.